The maximum atomic E-state index is 10.6. The minimum atomic E-state index is 0.00188. The van der Waals surface area contributed by atoms with E-state index in [1.54, 1.807) is 0 Å². The Morgan fingerprint density at radius 2 is 2.31 bits per heavy atom. The van der Waals surface area contributed by atoms with Crippen LogP contribution in [-0.4, -0.2) is 12.5 Å². The van der Waals surface area contributed by atoms with Crippen molar-refractivity contribution in [3.8, 4) is 0 Å². The number of benzene rings is 1. The maximum absolute atomic E-state index is 10.6. The zero-order valence-electron chi connectivity index (χ0n) is 7.51. The molecule has 1 amide bonds. The van der Waals surface area contributed by atoms with Crippen molar-refractivity contribution in [2.75, 3.05) is 6.54 Å². The molecule has 3 heteroatoms. The van der Waals surface area contributed by atoms with Crippen molar-refractivity contribution in [2.45, 2.75) is 13.3 Å². The average molecular weight is 198 g/mol. The molecule has 0 heterocycles. The van der Waals surface area contributed by atoms with E-state index in [0.717, 1.165) is 17.0 Å². The van der Waals surface area contributed by atoms with Gasteiger partial charge in [0.05, 0.1) is 0 Å². The first-order valence-corrected chi connectivity index (χ1v) is 4.55. The number of rotatable bonds is 3. The maximum Gasteiger partial charge on any atom is 0.216 e. The molecule has 0 bridgehead atoms. The number of hydrogen-bond acceptors (Lipinski definition) is 1. The smallest absolute Gasteiger partial charge is 0.216 e. The number of nitrogens with one attached hydrogen (secondary N) is 1. The molecule has 1 aromatic rings. The topological polar surface area (TPSA) is 29.1 Å². The highest BCUT2D eigenvalue weighted by Gasteiger charge is 1.94. The lowest BCUT2D eigenvalue weighted by Gasteiger charge is -2.02. The Labute approximate surface area is 82.9 Å². The molecular weight excluding hydrogens is 186 g/mol. The third-order valence-corrected chi connectivity index (χ3v) is 1.91. The van der Waals surface area contributed by atoms with Crippen LogP contribution in [0.2, 0.25) is 5.02 Å². The van der Waals surface area contributed by atoms with E-state index in [9.17, 15) is 4.79 Å². The largest absolute Gasteiger partial charge is 0.356 e. The first-order valence-electron chi connectivity index (χ1n) is 4.17. The van der Waals surface area contributed by atoms with Gasteiger partial charge in [-0.1, -0.05) is 23.7 Å². The molecule has 0 aliphatic rings. The summed E-state index contributed by atoms with van der Waals surface area (Å²) in [6.45, 7) is 2.17. The van der Waals surface area contributed by atoms with Gasteiger partial charge in [0, 0.05) is 18.5 Å². The van der Waals surface area contributed by atoms with Gasteiger partial charge in [0.1, 0.15) is 0 Å². The van der Waals surface area contributed by atoms with Crippen LogP contribution < -0.4 is 5.32 Å². The molecule has 70 valence electrons. The Morgan fingerprint density at radius 1 is 1.54 bits per heavy atom. The van der Waals surface area contributed by atoms with Gasteiger partial charge in [0.15, 0.2) is 0 Å². The number of amides is 1. The van der Waals surface area contributed by atoms with Crippen molar-refractivity contribution < 1.29 is 4.79 Å². The molecule has 0 radical (unpaired) electrons. The van der Waals surface area contributed by atoms with Crippen LogP contribution in [-0.2, 0) is 11.2 Å². The predicted molar refractivity (Wildman–Crippen MR) is 53.8 cm³/mol. The summed E-state index contributed by atoms with van der Waals surface area (Å²) in [4.78, 5) is 10.6. The van der Waals surface area contributed by atoms with Gasteiger partial charge >= 0.3 is 0 Å². The van der Waals surface area contributed by atoms with Gasteiger partial charge in [-0.3, -0.25) is 4.79 Å². The molecule has 1 aromatic carbocycles. The van der Waals surface area contributed by atoms with Crippen molar-refractivity contribution in [1.29, 1.82) is 0 Å². The molecule has 1 rings (SSSR count). The average Bonchev–Trinajstić information content (AvgIpc) is 2.03. The minimum absolute atomic E-state index is 0.00188. The molecule has 0 spiro atoms. The van der Waals surface area contributed by atoms with E-state index in [-0.39, 0.29) is 5.91 Å². The first kappa shape index (κ1) is 10.1. The summed E-state index contributed by atoms with van der Waals surface area (Å²) in [5.74, 6) is 0.00188. The summed E-state index contributed by atoms with van der Waals surface area (Å²) in [5, 5.41) is 3.47. The Hall–Kier alpha value is -1.02. The molecule has 0 fully saturated rings. The van der Waals surface area contributed by atoms with E-state index >= 15 is 0 Å². The van der Waals surface area contributed by atoms with Crippen LogP contribution in [0, 0.1) is 0 Å². The van der Waals surface area contributed by atoms with Crippen LogP contribution in [0.4, 0.5) is 0 Å². The molecule has 0 aromatic heterocycles. The summed E-state index contributed by atoms with van der Waals surface area (Å²) in [6, 6.07) is 7.64. The fourth-order valence-corrected chi connectivity index (χ4v) is 1.29. The van der Waals surface area contributed by atoms with Crippen LogP contribution in [0.25, 0.3) is 0 Å². The second-order valence-electron chi connectivity index (χ2n) is 2.86. The van der Waals surface area contributed by atoms with E-state index in [4.69, 9.17) is 11.6 Å². The van der Waals surface area contributed by atoms with Crippen molar-refractivity contribution in [2.24, 2.45) is 0 Å². The van der Waals surface area contributed by atoms with Crippen LogP contribution in [0.15, 0.2) is 24.3 Å². The molecule has 0 aliphatic heterocycles. The van der Waals surface area contributed by atoms with Crippen LogP contribution in [0.5, 0.6) is 0 Å². The first-order chi connectivity index (χ1) is 6.18. The molecule has 1 N–H and O–H groups in total. The van der Waals surface area contributed by atoms with E-state index < -0.39 is 0 Å². The number of hydrogen-bond donors (Lipinski definition) is 1. The molecule has 0 saturated carbocycles. The van der Waals surface area contributed by atoms with Gasteiger partial charge in [-0.15, -0.1) is 0 Å². The second kappa shape index (κ2) is 4.87. The fraction of sp³-hybridized carbons (Fsp3) is 0.300. The molecular formula is C10H12ClNO. The number of carbonyl (C=O) groups excluding carboxylic acids is 1. The van der Waals surface area contributed by atoms with Gasteiger partial charge in [-0.25, -0.2) is 0 Å². The van der Waals surface area contributed by atoms with Crippen LogP contribution in [0.3, 0.4) is 0 Å². The highest BCUT2D eigenvalue weighted by molar-refractivity contribution is 6.30. The SMILES string of the molecule is CC(=O)NCCc1cccc(Cl)c1. The molecule has 0 atom stereocenters. The molecule has 0 unspecified atom stereocenters. The Bertz CT molecular complexity index is 299. The van der Waals surface area contributed by atoms with Gasteiger partial charge in [-0.2, -0.15) is 0 Å². The number of carbonyl (C=O) groups is 1. The molecule has 0 aliphatic carbocycles. The fourth-order valence-electron chi connectivity index (χ4n) is 1.08. The van der Waals surface area contributed by atoms with E-state index in [1.165, 1.54) is 6.92 Å². The molecule has 13 heavy (non-hydrogen) atoms. The van der Waals surface area contributed by atoms with Gasteiger partial charge in [0.2, 0.25) is 5.91 Å². The summed E-state index contributed by atoms with van der Waals surface area (Å²) in [6.07, 6.45) is 0.820. The van der Waals surface area contributed by atoms with E-state index in [0.29, 0.717) is 6.54 Å². The monoisotopic (exact) mass is 197 g/mol. The lowest BCUT2D eigenvalue weighted by molar-refractivity contribution is -0.118. The predicted octanol–water partition coefficient (Wildman–Crippen LogP) is 2.02. The van der Waals surface area contributed by atoms with Crippen molar-refractivity contribution >= 4 is 17.5 Å². The van der Waals surface area contributed by atoms with Crippen molar-refractivity contribution in [3.63, 3.8) is 0 Å². The summed E-state index contributed by atoms with van der Waals surface area (Å²) < 4.78 is 0. The Kier molecular flexibility index (Phi) is 3.77. The van der Waals surface area contributed by atoms with Gasteiger partial charge in [0.25, 0.3) is 0 Å². The van der Waals surface area contributed by atoms with Gasteiger partial charge in [-0.05, 0) is 24.1 Å². The highest BCUT2D eigenvalue weighted by atomic mass is 35.5. The van der Waals surface area contributed by atoms with Crippen LogP contribution >= 0.6 is 11.6 Å². The standard InChI is InChI=1S/C10H12ClNO/c1-8(13)12-6-5-9-3-2-4-10(11)7-9/h2-4,7H,5-6H2,1H3,(H,12,13). The normalized spacial score (nSPS) is 9.69. The lowest BCUT2D eigenvalue weighted by Crippen LogP contribution is -2.22. The third-order valence-electron chi connectivity index (χ3n) is 1.68. The lowest BCUT2D eigenvalue weighted by atomic mass is 10.1. The van der Waals surface area contributed by atoms with Crippen molar-refractivity contribution in [1.82, 2.24) is 5.32 Å². The molecule has 2 nitrogen and oxygen atoms in total. The van der Waals surface area contributed by atoms with Gasteiger partial charge < -0.3 is 5.32 Å². The van der Waals surface area contributed by atoms with Crippen LogP contribution in [0.1, 0.15) is 12.5 Å². The van der Waals surface area contributed by atoms with Crippen molar-refractivity contribution in [3.05, 3.63) is 34.9 Å². The Balaban J connectivity index is 2.41. The second-order valence-corrected chi connectivity index (χ2v) is 3.30. The zero-order chi connectivity index (χ0) is 9.68. The molecule has 0 saturated heterocycles. The highest BCUT2D eigenvalue weighted by Crippen LogP contribution is 2.10. The summed E-state index contributed by atoms with van der Waals surface area (Å²) in [7, 11) is 0. The zero-order valence-corrected chi connectivity index (χ0v) is 8.27. The summed E-state index contributed by atoms with van der Waals surface area (Å²) in [5.41, 5.74) is 1.14. The summed E-state index contributed by atoms with van der Waals surface area (Å²) >= 11 is 5.80. The quantitative estimate of drug-likeness (QED) is 0.790. The Morgan fingerprint density at radius 3 is 2.92 bits per heavy atom. The van der Waals surface area contributed by atoms with E-state index in [1.807, 2.05) is 24.3 Å². The number of halogens is 1. The third kappa shape index (κ3) is 3.95. The van der Waals surface area contributed by atoms with E-state index in [2.05, 4.69) is 5.32 Å². The minimum Gasteiger partial charge on any atom is -0.356 e.